The van der Waals surface area contributed by atoms with Crippen molar-refractivity contribution in [3.05, 3.63) is 150 Å². The van der Waals surface area contributed by atoms with E-state index in [4.69, 9.17) is 4.42 Å². The second kappa shape index (κ2) is 11.2. The lowest BCUT2D eigenvalue weighted by molar-refractivity contribution is 0.103. The highest BCUT2D eigenvalue weighted by molar-refractivity contribution is 6.18. The van der Waals surface area contributed by atoms with Crippen LogP contribution in [-0.4, -0.2) is 10.4 Å². The van der Waals surface area contributed by atoms with E-state index in [1.807, 2.05) is 54.6 Å². The average Bonchev–Trinajstić information content (AvgIpc) is 3.61. The van der Waals surface area contributed by atoms with Crippen LogP contribution in [0.4, 0.5) is 0 Å². The molecular formula is C43H35NO2. The van der Waals surface area contributed by atoms with Gasteiger partial charge >= 0.3 is 0 Å². The number of aromatic nitrogens is 1. The predicted molar refractivity (Wildman–Crippen MR) is 191 cm³/mol. The van der Waals surface area contributed by atoms with Gasteiger partial charge in [0.05, 0.1) is 11.0 Å². The molecule has 224 valence electrons. The fraction of sp³-hybridized carbons (Fsp3) is 0.140. The Balaban J connectivity index is 1.42. The highest BCUT2D eigenvalue weighted by Gasteiger charge is 2.22. The zero-order valence-electron chi connectivity index (χ0n) is 26.4. The molecule has 6 aromatic carbocycles. The van der Waals surface area contributed by atoms with Gasteiger partial charge in [0.1, 0.15) is 11.2 Å². The fourth-order valence-electron chi connectivity index (χ4n) is 7.20. The number of benzene rings is 6. The van der Waals surface area contributed by atoms with Crippen LogP contribution < -0.4 is 0 Å². The number of hydrogen-bond donors (Lipinski definition) is 0. The highest BCUT2D eigenvalue weighted by Crippen LogP contribution is 2.43. The van der Waals surface area contributed by atoms with Gasteiger partial charge in [-0.25, -0.2) is 0 Å². The van der Waals surface area contributed by atoms with Crippen LogP contribution in [-0.2, 0) is 0 Å². The maximum absolute atomic E-state index is 13.3. The summed E-state index contributed by atoms with van der Waals surface area (Å²) in [6.45, 7) is 6.82. The molecule has 8 rings (SSSR count). The number of rotatable bonds is 7. The number of aryl methyl sites for hydroxylation is 1. The minimum absolute atomic E-state index is 0.0249. The van der Waals surface area contributed by atoms with E-state index in [9.17, 15) is 4.79 Å². The van der Waals surface area contributed by atoms with E-state index in [1.54, 1.807) is 0 Å². The van der Waals surface area contributed by atoms with E-state index >= 15 is 0 Å². The molecule has 0 radical (unpaired) electrons. The minimum atomic E-state index is 0.0249. The van der Waals surface area contributed by atoms with Crippen molar-refractivity contribution >= 4 is 49.5 Å². The van der Waals surface area contributed by atoms with Crippen LogP contribution in [0, 0.1) is 6.92 Å². The molecule has 46 heavy (non-hydrogen) atoms. The van der Waals surface area contributed by atoms with Crippen molar-refractivity contribution in [1.82, 2.24) is 4.57 Å². The summed E-state index contributed by atoms with van der Waals surface area (Å²) in [5.41, 5.74) is 11.6. The number of furan rings is 1. The summed E-state index contributed by atoms with van der Waals surface area (Å²) >= 11 is 0. The van der Waals surface area contributed by atoms with E-state index in [-0.39, 0.29) is 5.78 Å². The van der Waals surface area contributed by atoms with Crippen molar-refractivity contribution in [3.8, 4) is 16.8 Å². The average molecular weight is 598 g/mol. The summed E-state index contributed by atoms with van der Waals surface area (Å²) in [6.07, 6.45) is 2.23. The van der Waals surface area contributed by atoms with Gasteiger partial charge in [-0.05, 0) is 90.0 Å². The Morgan fingerprint density at radius 3 is 2.11 bits per heavy atom. The lowest BCUT2D eigenvalue weighted by Gasteiger charge is -2.19. The van der Waals surface area contributed by atoms with Gasteiger partial charge in [-0.2, -0.15) is 0 Å². The maximum Gasteiger partial charge on any atom is 0.193 e. The summed E-state index contributed by atoms with van der Waals surface area (Å²) in [6, 6.07) is 43.8. The number of ketones is 1. The molecule has 0 aliphatic heterocycles. The van der Waals surface area contributed by atoms with Crippen molar-refractivity contribution < 1.29 is 9.21 Å². The van der Waals surface area contributed by atoms with Crippen LogP contribution in [0.1, 0.15) is 59.7 Å². The maximum atomic E-state index is 13.3. The first-order valence-electron chi connectivity index (χ1n) is 16.2. The molecule has 0 N–H and O–H groups in total. The summed E-state index contributed by atoms with van der Waals surface area (Å²) in [7, 11) is 0. The number of carbonyl (C=O) groups excluding carboxylic acids is 1. The van der Waals surface area contributed by atoms with Crippen LogP contribution in [0.5, 0.6) is 0 Å². The van der Waals surface area contributed by atoms with Crippen LogP contribution in [0.15, 0.2) is 132 Å². The van der Waals surface area contributed by atoms with Gasteiger partial charge in [-0.15, -0.1) is 0 Å². The lowest BCUT2D eigenvalue weighted by atomic mass is 9.86. The Morgan fingerprint density at radius 1 is 0.652 bits per heavy atom. The molecule has 0 spiro atoms. The molecule has 0 bridgehead atoms. The van der Waals surface area contributed by atoms with E-state index in [1.165, 1.54) is 33.0 Å². The monoisotopic (exact) mass is 597 g/mol. The van der Waals surface area contributed by atoms with Gasteiger partial charge in [0, 0.05) is 44.4 Å². The molecule has 3 heteroatoms. The molecule has 8 aromatic rings. The zero-order chi connectivity index (χ0) is 31.4. The van der Waals surface area contributed by atoms with Crippen molar-refractivity contribution in [3.63, 3.8) is 0 Å². The lowest BCUT2D eigenvalue weighted by Crippen LogP contribution is -2.02. The minimum Gasteiger partial charge on any atom is -0.456 e. The molecule has 2 heterocycles. The third-order valence-corrected chi connectivity index (χ3v) is 9.55. The summed E-state index contributed by atoms with van der Waals surface area (Å²) in [5.74, 6) is 0.415. The number of hydrogen-bond acceptors (Lipinski definition) is 2. The normalized spacial score (nSPS) is 12.4. The van der Waals surface area contributed by atoms with Crippen LogP contribution in [0.2, 0.25) is 0 Å². The number of fused-ring (bicyclic) bond motifs is 6. The van der Waals surface area contributed by atoms with Gasteiger partial charge in [0.25, 0.3) is 0 Å². The van der Waals surface area contributed by atoms with Crippen molar-refractivity contribution in [2.75, 3.05) is 0 Å². The third kappa shape index (κ3) is 4.54. The quantitative estimate of drug-likeness (QED) is 0.171. The van der Waals surface area contributed by atoms with Crippen LogP contribution in [0.25, 0.3) is 60.6 Å². The Labute approximate surface area is 268 Å². The molecule has 0 aliphatic rings. The standard InChI is InChI=1S/C43H35NO2/c1-4-12-27(2)34-25-39-36(23-35(34)32-16-9-8-13-28(32)3)37-24-38-33-17-10-11-18-41(33)46-42(38)26-40(37)44(39)31-21-19-30(20-22-31)43(45)29-14-6-5-7-15-29/h5-11,13-27H,4,12H2,1-3H3. The SMILES string of the molecule is CCCC(C)c1cc2c(cc1-c1ccccc1C)c1cc3c(cc1n2-c1ccc(C(=O)c2ccccc2)cc1)oc1ccccc13. The molecule has 0 amide bonds. The first kappa shape index (κ1) is 28.1. The van der Waals surface area contributed by atoms with Gasteiger partial charge < -0.3 is 8.98 Å². The molecular weight excluding hydrogens is 562 g/mol. The molecule has 0 fully saturated rings. The molecule has 2 aromatic heterocycles. The molecule has 0 saturated carbocycles. The van der Waals surface area contributed by atoms with E-state index in [0.29, 0.717) is 17.0 Å². The van der Waals surface area contributed by atoms with Crippen molar-refractivity contribution in [2.45, 2.75) is 39.5 Å². The van der Waals surface area contributed by atoms with E-state index in [2.05, 4.69) is 98.1 Å². The number of para-hydroxylation sites is 1. The fourth-order valence-corrected chi connectivity index (χ4v) is 7.20. The number of carbonyl (C=O) groups is 1. The van der Waals surface area contributed by atoms with Crippen molar-refractivity contribution in [2.24, 2.45) is 0 Å². The smallest absolute Gasteiger partial charge is 0.193 e. The zero-order valence-corrected chi connectivity index (χ0v) is 26.4. The summed E-state index contributed by atoms with van der Waals surface area (Å²) in [5, 5.41) is 4.63. The highest BCUT2D eigenvalue weighted by atomic mass is 16.3. The van der Waals surface area contributed by atoms with Gasteiger partial charge in [-0.1, -0.05) is 93.1 Å². The Hall–Kier alpha value is -5.41. The topological polar surface area (TPSA) is 35.1 Å². The Bertz CT molecular complexity index is 2410. The van der Waals surface area contributed by atoms with Gasteiger partial charge in [-0.3, -0.25) is 4.79 Å². The molecule has 1 atom stereocenters. The van der Waals surface area contributed by atoms with Crippen molar-refractivity contribution in [1.29, 1.82) is 0 Å². The Kier molecular flexibility index (Phi) is 6.83. The molecule has 0 aliphatic carbocycles. The summed E-state index contributed by atoms with van der Waals surface area (Å²) in [4.78, 5) is 13.3. The van der Waals surface area contributed by atoms with E-state index < -0.39 is 0 Å². The Morgan fingerprint density at radius 2 is 1.33 bits per heavy atom. The molecule has 1 unspecified atom stereocenters. The van der Waals surface area contributed by atoms with Gasteiger partial charge in [0.15, 0.2) is 5.78 Å². The first-order valence-corrected chi connectivity index (χ1v) is 16.2. The van der Waals surface area contributed by atoms with Crippen LogP contribution in [0.3, 0.4) is 0 Å². The predicted octanol–water partition coefficient (Wildman–Crippen LogP) is 11.8. The van der Waals surface area contributed by atoms with Gasteiger partial charge in [0.2, 0.25) is 0 Å². The first-order chi connectivity index (χ1) is 22.5. The molecule has 3 nitrogen and oxygen atoms in total. The second-order valence-corrected chi connectivity index (χ2v) is 12.5. The third-order valence-electron chi connectivity index (χ3n) is 9.55. The second-order valence-electron chi connectivity index (χ2n) is 12.5. The number of nitrogens with zero attached hydrogens (tertiary/aromatic N) is 1. The largest absolute Gasteiger partial charge is 0.456 e. The molecule has 0 saturated heterocycles. The van der Waals surface area contributed by atoms with Crippen LogP contribution >= 0.6 is 0 Å². The van der Waals surface area contributed by atoms with E-state index in [0.717, 1.165) is 51.5 Å². The summed E-state index contributed by atoms with van der Waals surface area (Å²) < 4.78 is 8.74.